The minimum Gasteiger partial charge on any atom is -0.372 e. The molecule has 146 valence electrons. The first kappa shape index (κ1) is 18.5. The van der Waals surface area contributed by atoms with E-state index in [1.807, 2.05) is 18.9 Å². The molecule has 0 atom stereocenters. The first-order chi connectivity index (χ1) is 13.0. The van der Waals surface area contributed by atoms with Crippen LogP contribution in [0.1, 0.15) is 34.6 Å². The van der Waals surface area contributed by atoms with Gasteiger partial charge in [-0.15, -0.1) is 0 Å². The Kier molecular flexibility index (Phi) is 4.96. The zero-order chi connectivity index (χ0) is 19.0. The molecule has 0 saturated carbocycles. The van der Waals surface area contributed by atoms with Crippen LogP contribution in [0.4, 0.5) is 0 Å². The van der Waals surface area contributed by atoms with Crippen LogP contribution in [0.25, 0.3) is 0 Å². The molecule has 2 aromatic heterocycles. The first-order valence-corrected chi connectivity index (χ1v) is 9.59. The molecule has 2 saturated heterocycles. The van der Waals surface area contributed by atoms with Crippen LogP contribution in [-0.2, 0) is 18.3 Å². The second-order valence-electron chi connectivity index (χ2n) is 7.40. The van der Waals surface area contributed by atoms with Crippen molar-refractivity contribution in [3.63, 3.8) is 0 Å². The number of morpholine rings is 1. The number of hydrogen-bond donors (Lipinski definition) is 0. The molecule has 0 aliphatic carbocycles. The quantitative estimate of drug-likeness (QED) is 0.792. The monoisotopic (exact) mass is 393 g/mol. The van der Waals surface area contributed by atoms with Crippen molar-refractivity contribution in [2.45, 2.75) is 31.9 Å². The third-order valence-electron chi connectivity index (χ3n) is 5.60. The molecule has 9 heteroatoms. The van der Waals surface area contributed by atoms with Crippen molar-refractivity contribution in [1.82, 2.24) is 24.7 Å². The third-order valence-corrected chi connectivity index (χ3v) is 6.07. The molecule has 2 fully saturated rings. The normalized spacial score (nSPS) is 20.3. The maximum Gasteiger partial charge on any atom is 0.276 e. The average Bonchev–Trinajstić information content (AvgIpc) is 3.27. The van der Waals surface area contributed by atoms with E-state index in [2.05, 4.69) is 15.2 Å². The molecular formula is C18H24ClN5O3. The van der Waals surface area contributed by atoms with Gasteiger partial charge in [0.1, 0.15) is 11.4 Å². The largest absolute Gasteiger partial charge is 0.372 e. The van der Waals surface area contributed by atoms with Crippen LogP contribution in [0.2, 0.25) is 5.15 Å². The van der Waals surface area contributed by atoms with Gasteiger partial charge in [0.25, 0.3) is 5.91 Å². The SMILES string of the molecule is Cc1nn(C)c(Cl)c1CN1CCOC2(CCN(C(=O)c3ccon3)CC2)C1. The number of ether oxygens (including phenoxy) is 1. The van der Waals surface area contributed by atoms with Crippen molar-refractivity contribution in [3.05, 3.63) is 34.4 Å². The van der Waals surface area contributed by atoms with Crippen molar-refractivity contribution < 1.29 is 14.1 Å². The summed E-state index contributed by atoms with van der Waals surface area (Å²) in [5.41, 5.74) is 2.20. The van der Waals surface area contributed by atoms with E-state index in [4.69, 9.17) is 20.9 Å². The van der Waals surface area contributed by atoms with Crippen molar-refractivity contribution in [2.24, 2.45) is 7.05 Å². The number of carbonyl (C=O) groups is 1. The smallest absolute Gasteiger partial charge is 0.276 e. The van der Waals surface area contributed by atoms with Gasteiger partial charge in [-0.1, -0.05) is 16.8 Å². The number of carbonyl (C=O) groups excluding carboxylic acids is 1. The van der Waals surface area contributed by atoms with Crippen LogP contribution >= 0.6 is 11.6 Å². The molecule has 27 heavy (non-hydrogen) atoms. The molecule has 2 aliphatic heterocycles. The molecule has 0 bridgehead atoms. The standard InChI is InChI=1S/C18H24ClN5O3/c1-13-14(16(19)22(2)20-13)11-23-8-10-26-18(12-23)4-6-24(7-5-18)17(25)15-3-9-27-21-15/h3,9H,4-8,10-12H2,1-2H3. The maximum atomic E-state index is 12.4. The van der Waals surface area contributed by atoms with E-state index >= 15 is 0 Å². The third kappa shape index (κ3) is 3.61. The molecule has 0 aromatic carbocycles. The number of nitrogens with zero attached hydrogens (tertiary/aromatic N) is 5. The molecule has 4 heterocycles. The van der Waals surface area contributed by atoms with Crippen LogP contribution in [-0.4, -0.2) is 69.0 Å². The van der Waals surface area contributed by atoms with E-state index in [9.17, 15) is 4.79 Å². The first-order valence-electron chi connectivity index (χ1n) is 9.21. The fraction of sp³-hybridized carbons (Fsp3) is 0.611. The fourth-order valence-electron chi connectivity index (χ4n) is 4.04. The topological polar surface area (TPSA) is 76.6 Å². The fourth-order valence-corrected chi connectivity index (χ4v) is 4.27. The lowest BCUT2D eigenvalue weighted by Crippen LogP contribution is -2.57. The van der Waals surface area contributed by atoms with Gasteiger partial charge in [0.2, 0.25) is 0 Å². The van der Waals surface area contributed by atoms with Crippen LogP contribution < -0.4 is 0 Å². The summed E-state index contributed by atoms with van der Waals surface area (Å²) in [7, 11) is 1.86. The van der Waals surface area contributed by atoms with Gasteiger partial charge < -0.3 is 14.2 Å². The second kappa shape index (κ2) is 7.26. The number of hydrogen-bond acceptors (Lipinski definition) is 6. The Balaban J connectivity index is 1.39. The van der Waals surface area contributed by atoms with Gasteiger partial charge in [-0.25, -0.2) is 0 Å². The van der Waals surface area contributed by atoms with Crippen LogP contribution in [0.5, 0.6) is 0 Å². The highest BCUT2D eigenvalue weighted by Crippen LogP contribution is 2.32. The number of rotatable bonds is 3. The molecule has 1 amide bonds. The number of halogens is 1. The zero-order valence-corrected chi connectivity index (χ0v) is 16.4. The Hall–Kier alpha value is -1.90. The Morgan fingerprint density at radius 3 is 2.74 bits per heavy atom. The van der Waals surface area contributed by atoms with Crippen molar-refractivity contribution >= 4 is 17.5 Å². The summed E-state index contributed by atoms with van der Waals surface area (Å²) in [6.07, 6.45) is 3.05. The summed E-state index contributed by atoms with van der Waals surface area (Å²) in [4.78, 5) is 16.7. The Bertz CT molecular complexity index is 811. The molecular weight excluding hydrogens is 370 g/mol. The number of likely N-dealkylation sites (tertiary alicyclic amines) is 1. The van der Waals surface area contributed by atoms with Crippen molar-refractivity contribution in [1.29, 1.82) is 0 Å². The van der Waals surface area contributed by atoms with E-state index < -0.39 is 0 Å². The predicted molar refractivity (Wildman–Crippen MR) is 98.6 cm³/mol. The molecule has 4 rings (SSSR count). The minimum absolute atomic E-state index is 0.0796. The molecule has 1 spiro atoms. The summed E-state index contributed by atoms with van der Waals surface area (Å²) >= 11 is 6.40. The van der Waals surface area contributed by atoms with E-state index in [0.29, 0.717) is 30.5 Å². The van der Waals surface area contributed by atoms with E-state index in [0.717, 1.165) is 43.7 Å². The lowest BCUT2D eigenvalue weighted by Gasteiger charge is -2.47. The minimum atomic E-state index is -0.207. The number of amides is 1. The lowest BCUT2D eigenvalue weighted by atomic mass is 9.89. The van der Waals surface area contributed by atoms with E-state index in [1.165, 1.54) is 6.26 Å². The van der Waals surface area contributed by atoms with Crippen molar-refractivity contribution in [2.75, 3.05) is 32.8 Å². The maximum absolute atomic E-state index is 12.4. The molecule has 2 aliphatic rings. The van der Waals surface area contributed by atoms with E-state index in [-0.39, 0.29) is 11.5 Å². The highest BCUT2D eigenvalue weighted by atomic mass is 35.5. The Morgan fingerprint density at radius 1 is 1.33 bits per heavy atom. The van der Waals surface area contributed by atoms with Crippen LogP contribution in [0.15, 0.2) is 16.9 Å². The Morgan fingerprint density at radius 2 is 2.11 bits per heavy atom. The summed E-state index contributed by atoms with van der Waals surface area (Å²) in [5.74, 6) is -0.0796. The van der Waals surface area contributed by atoms with Gasteiger partial charge in [0.15, 0.2) is 5.69 Å². The predicted octanol–water partition coefficient (Wildman–Crippen LogP) is 1.88. The average molecular weight is 394 g/mol. The van der Waals surface area contributed by atoms with Crippen molar-refractivity contribution in [3.8, 4) is 0 Å². The van der Waals surface area contributed by atoms with Gasteiger partial charge in [-0.3, -0.25) is 14.4 Å². The highest BCUT2D eigenvalue weighted by molar-refractivity contribution is 6.30. The summed E-state index contributed by atoms with van der Waals surface area (Å²) in [5, 5.41) is 8.84. The van der Waals surface area contributed by atoms with Gasteiger partial charge in [0.05, 0.1) is 17.9 Å². The Labute approximate surface area is 163 Å². The number of piperidine rings is 1. The molecule has 2 aromatic rings. The van der Waals surface area contributed by atoms with Gasteiger partial charge in [-0.2, -0.15) is 5.10 Å². The number of aryl methyl sites for hydroxylation is 2. The summed E-state index contributed by atoms with van der Waals surface area (Å²) in [6.45, 7) is 6.47. The molecule has 0 unspecified atom stereocenters. The van der Waals surface area contributed by atoms with Gasteiger partial charge in [0, 0.05) is 51.4 Å². The second-order valence-corrected chi connectivity index (χ2v) is 7.76. The molecule has 0 N–H and O–H groups in total. The van der Waals surface area contributed by atoms with Crippen LogP contribution in [0.3, 0.4) is 0 Å². The summed E-state index contributed by atoms with van der Waals surface area (Å²) in [6, 6.07) is 1.60. The van der Waals surface area contributed by atoms with E-state index in [1.54, 1.807) is 10.7 Å². The highest BCUT2D eigenvalue weighted by Gasteiger charge is 2.41. The zero-order valence-electron chi connectivity index (χ0n) is 15.7. The molecule has 0 radical (unpaired) electrons. The van der Waals surface area contributed by atoms with Gasteiger partial charge in [-0.05, 0) is 19.8 Å². The number of aromatic nitrogens is 3. The van der Waals surface area contributed by atoms with Gasteiger partial charge >= 0.3 is 0 Å². The lowest BCUT2D eigenvalue weighted by molar-refractivity contribution is -0.134. The molecule has 8 nitrogen and oxygen atoms in total. The summed E-state index contributed by atoms with van der Waals surface area (Å²) < 4.78 is 12.7. The van der Waals surface area contributed by atoms with Crippen LogP contribution in [0, 0.1) is 6.92 Å².